The molecule has 1 aliphatic rings. The molecule has 0 aromatic carbocycles. The largest absolute Gasteiger partial charge is 0.395 e. The van der Waals surface area contributed by atoms with Crippen LogP contribution in [0.3, 0.4) is 0 Å². The van der Waals surface area contributed by atoms with Crippen molar-refractivity contribution in [3.8, 4) is 0 Å². The average Bonchev–Trinajstić information content (AvgIpc) is 3.19. The number of nitrogens with zero attached hydrogens (tertiary/aromatic N) is 2. The van der Waals surface area contributed by atoms with E-state index in [-0.39, 0.29) is 6.61 Å². The predicted molar refractivity (Wildman–Crippen MR) is 78.3 cm³/mol. The molecule has 104 valence electrons. The van der Waals surface area contributed by atoms with Crippen LogP contribution in [-0.4, -0.2) is 35.8 Å². The van der Waals surface area contributed by atoms with Gasteiger partial charge in [-0.05, 0) is 37.5 Å². The minimum atomic E-state index is 0.124. The topological polar surface area (TPSA) is 48.4 Å². The van der Waals surface area contributed by atoms with Gasteiger partial charge in [-0.2, -0.15) is 0 Å². The van der Waals surface area contributed by atoms with E-state index in [1.807, 2.05) is 17.9 Å². The average molecular weight is 261 g/mol. The molecule has 2 rings (SSSR count). The Bertz CT molecular complexity index is 429. The maximum atomic E-state index is 9.13. The monoisotopic (exact) mass is 261 g/mol. The van der Waals surface area contributed by atoms with Crippen molar-refractivity contribution in [3.63, 3.8) is 0 Å². The highest BCUT2D eigenvalue weighted by Gasteiger charge is 2.20. The molecule has 0 aliphatic heterocycles. The normalized spacial score (nSPS) is 14.4. The third-order valence-corrected chi connectivity index (χ3v) is 3.22. The molecular formula is C15H23N3O. The molecule has 1 aromatic rings. The first-order chi connectivity index (χ1) is 9.22. The zero-order valence-electron chi connectivity index (χ0n) is 11.6. The lowest BCUT2D eigenvalue weighted by molar-refractivity contribution is 0.302. The number of aliphatic hydroxyl groups is 1. The molecule has 2 N–H and O–H groups in total. The van der Waals surface area contributed by atoms with Crippen LogP contribution in [0.1, 0.15) is 24.1 Å². The van der Waals surface area contributed by atoms with Gasteiger partial charge in [-0.15, -0.1) is 6.58 Å². The fourth-order valence-corrected chi connectivity index (χ4v) is 2.11. The number of hydrogen-bond donors (Lipinski definition) is 2. The number of aliphatic hydroxyl groups excluding tert-OH is 1. The van der Waals surface area contributed by atoms with E-state index >= 15 is 0 Å². The third-order valence-electron chi connectivity index (χ3n) is 3.22. The second-order valence-corrected chi connectivity index (χ2v) is 5.09. The van der Waals surface area contributed by atoms with Crippen LogP contribution in [0.25, 0.3) is 0 Å². The number of aryl methyl sites for hydroxylation is 1. The second kappa shape index (κ2) is 6.68. The van der Waals surface area contributed by atoms with Crippen LogP contribution in [-0.2, 0) is 6.54 Å². The maximum Gasteiger partial charge on any atom is 0.129 e. The molecule has 0 saturated heterocycles. The molecule has 1 aromatic heterocycles. The first-order valence-electron chi connectivity index (χ1n) is 6.90. The summed E-state index contributed by atoms with van der Waals surface area (Å²) in [5, 5.41) is 12.6. The summed E-state index contributed by atoms with van der Waals surface area (Å²) in [7, 11) is 0. The summed E-state index contributed by atoms with van der Waals surface area (Å²) >= 11 is 0. The first-order valence-corrected chi connectivity index (χ1v) is 6.90. The fourth-order valence-electron chi connectivity index (χ4n) is 2.11. The summed E-state index contributed by atoms with van der Waals surface area (Å²) in [6.45, 7) is 8.06. The summed E-state index contributed by atoms with van der Waals surface area (Å²) in [5.41, 5.74) is 2.26. The second-order valence-electron chi connectivity index (χ2n) is 5.09. The van der Waals surface area contributed by atoms with Gasteiger partial charge in [0.2, 0.25) is 0 Å². The molecular weight excluding hydrogens is 238 g/mol. The Morgan fingerprint density at radius 2 is 2.32 bits per heavy atom. The molecule has 0 radical (unpaired) electrons. The van der Waals surface area contributed by atoms with Crippen molar-refractivity contribution in [1.82, 2.24) is 10.3 Å². The summed E-state index contributed by atoms with van der Waals surface area (Å²) in [4.78, 5) is 6.60. The van der Waals surface area contributed by atoms with Gasteiger partial charge in [-0.25, -0.2) is 4.98 Å². The Kier molecular flexibility index (Phi) is 4.93. The highest BCUT2D eigenvalue weighted by molar-refractivity contribution is 5.43. The molecule has 0 unspecified atom stereocenters. The molecule has 0 spiro atoms. The van der Waals surface area contributed by atoms with Crippen LogP contribution < -0.4 is 10.2 Å². The van der Waals surface area contributed by atoms with Crippen LogP contribution in [0.5, 0.6) is 0 Å². The number of rotatable bonds is 8. The number of anilines is 1. The quantitative estimate of drug-likeness (QED) is 0.698. The zero-order chi connectivity index (χ0) is 13.7. The Balaban J connectivity index is 2.10. The molecule has 0 bridgehead atoms. The Hall–Kier alpha value is -1.39. The van der Waals surface area contributed by atoms with E-state index < -0.39 is 0 Å². The lowest BCUT2D eigenvalue weighted by atomic mass is 10.2. The van der Waals surface area contributed by atoms with Crippen LogP contribution in [0, 0.1) is 6.92 Å². The minimum absolute atomic E-state index is 0.124. The van der Waals surface area contributed by atoms with Gasteiger partial charge in [-0.1, -0.05) is 6.08 Å². The molecule has 4 heteroatoms. The lowest BCUT2D eigenvalue weighted by Crippen LogP contribution is -2.28. The number of hydrogen-bond acceptors (Lipinski definition) is 4. The molecule has 19 heavy (non-hydrogen) atoms. The van der Waals surface area contributed by atoms with Crippen LogP contribution >= 0.6 is 0 Å². The summed E-state index contributed by atoms with van der Waals surface area (Å²) in [6.07, 6.45) is 4.43. The van der Waals surface area contributed by atoms with Gasteiger partial charge in [0.15, 0.2) is 0 Å². The van der Waals surface area contributed by atoms with E-state index in [4.69, 9.17) is 5.11 Å². The SMILES string of the molecule is C=CCN(CCO)c1cc(CNC2CC2)cc(C)n1. The van der Waals surface area contributed by atoms with Crippen molar-refractivity contribution in [1.29, 1.82) is 0 Å². The van der Waals surface area contributed by atoms with Crippen molar-refractivity contribution in [3.05, 3.63) is 36.0 Å². The van der Waals surface area contributed by atoms with E-state index in [0.29, 0.717) is 19.1 Å². The molecule has 0 amide bonds. The van der Waals surface area contributed by atoms with Crippen LogP contribution in [0.4, 0.5) is 5.82 Å². The molecule has 1 fully saturated rings. The highest BCUT2D eigenvalue weighted by atomic mass is 16.3. The Morgan fingerprint density at radius 3 is 2.95 bits per heavy atom. The molecule has 0 atom stereocenters. The van der Waals surface area contributed by atoms with E-state index in [1.165, 1.54) is 18.4 Å². The Morgan fingerprint density at radius 1 is 1.53 bits per heavy atom. The number of nitrogens with one attached hydrogen (secondary N) is 1. The van der Waals surface area contributed by atoms with Gasteiger partial charge in [0.25, 0.3) is 0 Å². The smallest absolute Gasteiger partial charge is 0.129 e. The van der Waals surface area contributed by atoms with Gasteiger partial charge in [0, 0.05) is 31.4 Å². The van der Waals surface area contributed by atoms with Crippen molar-refractivity contribution in [2.24, 2.45) is 0 Å². The van der Waals surface area contributed by atoms with E-state index in [2.05, 4.69) is 29.0 Å². The summed E-state index contributed by atoms with van der Waals surface area (Å²) in [5.74, 6) is 0.918. The van der Waals surface area contributed by atoms with Crippen molar-refractivity contribution < 1.29 is 5.11 Å². The van der Waals surface area contributed by atoms with E-state index in [0.717, 1.165) is 18.1 Å². The van der Waals surface area contributed by atoms with Gasteiger partial charge >= 0.3 is 0 Å². The molecule has 1 aliphatic carbocycles. The minimum Gasteiger partial charge on any atom is -0.395 e. The van der Waals surface area contributed by atoms with Crippen LogP contribution in [0.15, 0.2) is 24.8 Å². The van der Waals surface area contributed by atoms with Gasteiger partial charge < -0.3 is 15.3 Å². The highest BCUT2D eigenvalue weighted by Crippen LogP contribution is 2.20. The Labute approximate surface area is 115 Å². The van der Waals surface area contributed by atoms with E-state index in [1.54, 1.807) is 0 Å². The lowest BCUT2D eigenvalue weighted by Gasteiger charge is -2.22. The van der Waals surface area contributed by atoms with Crippen molar-refractivity contribution >= 4 is 5.82 Å². The first kappa shape index (κ1) is 14.0. The third kappa shape index (κ3) is 4.33. The van der Waals surface area contributed by atoms with Crippen LogP contribution in [0.2, 0.25) is 0 Å². The van der Waals surface area contributed by atoms with Gasteiger partial charge in [-0.3, -0.25) is 0 Å². The number of pyridine rings is 1. The summed E-state index contributed by atoms with van der Waals surface area (Å²) in [6, 6.07) is 4.92. The molecule has 4 nitrogen and oxygen atoms in total. The maximum absolute atomic E-state index is 9.13. The fraction of sp³-hybridized carbons (Fsp3) is 0.533. The van der Waals surface area contributed by atoms with Gasteiger partial charge in [0.1, 0.15) is 5.82 Å². The summed E-state index contributed by atoms with van der Waals surface area (Å²) < 4.78 is 0. The predicted octanol–water partition coefficient (Wildman–Crippen LogP) is 1.63. The van der Waals surface area contributed by atoms with E-state index in [9.17, 15) is 0 Å². The van der Waals surface area contributed by atoms with Crippen molar-refractivity contribution in [2.75, 3.05) is 24.6 Å². The number of aromatic nitrogens is 1. The standard InChI is InChI=1S/C15H23N3O/c1-3-6-18(7-8-19)15-10-13(9-12(2)17-15)11-16-14-4-5-14/h3,9-10,14,16,19H,1,4-8,11H2,2H3. The molecule has 1 heterocycles. The molecule has 1 saturated carbocycles. The van der Waals surface area contributed by atoms with Crippen molar-refractivity contribution in [2.45, 2.75) is 32.4 Å². The zero-order valence-corrected chi connectivity index (χ0v) is 11.6. The van der Waals surface area contributed by atoms with Gasteiger partial charge in [0.05, 0.1) is 6.61 Å².